The number of aliphatic hydroxyl groups excluding tert-OH is 1. The quantitative estimate of drug-likeness (QED) is 0.679. The van der Waals surface area contributed by atoms with E-state index in [0.29, 0.717) is 25.2 Å². The Morgan fingerprint density at radius 2 is 2.38 bits per heavy atom. The molecular weight excluding hydrogens is 208 g/mol. The largest absolute Gasteiger partial charge is 0.478 e. The zero-order chi connectivity index (χ0) is 12.0. The molecule has 88 valence electrons. The van der Waals surface area contributed by atoms with Crippen molar-refractivity contribution in [2.24, 2.45) is 0 Å². The summed E-state index contributed by atoms with van der Waals surface area (Å²) in [6.45, 7) is 2.49. The Morgan fingerprint density at radius 1 is 1.62 bits per heavy atom. The SMILES string of the molecule is CCC(O)CCNc1cc(C(=O)O)ccn1. The first-order valence-electron chi connectivity index (χ1n) is 5.24. The van der Waals surface area contributed by atoms with E-state index in [9.17, 15) is 9.90 Å². The molecule has 16 heavy (non-hydrogen) atoms. The van der Waals surface area contributed by atoms with Gasteiger partial charge in [-0.15, -0.1) is 0 Å². The van der Waals surface area contributed by atoms with Crippen molar-refractivity contribution < 1.29 is 15.0 Å². The summed E-state index contributed by atoms with van der Waals surface area (Å²) in [6, 6.07) is 2.91. The first-order chi connectivity index (χ1) is 7.63. The molecule has 5 heteroatoms. The van der Waals surface area contributed by atoms with Crippen LogP contribution in [0, 0.1) is 0 Å². The fourth-order valence-electron chi connectivity index (χ4n) is 1.23. The van der Waals surface area contributed by atoms with E-state index in [1.54, 1.807) is 0 Å². The maximum Gasteiger partial charge on any atom is 0.335 e. The van der Waals surface area contributed by atoms with Gasteiger partial charge < -0.3 is 15.5 Å². The minimum absolute atomic E-state index is 0.202. The molecule has 0 amide bonds. The Bertz CT molecular complexity index is 355. The molecule has 1 aromatic rings. The number of aromatic nitrogens is 1. The Morgan fingerprint density at radius 3 is 3.00 bits per heavy atom. The van der Waals surface area contributed by atoms with Crippen molar-refractivity contribution in [2.75, 3.05) is 11.9 Å². The van der Waals surface area contributed by atoms with Crippen LogP contribution in [0.25, 0.3) is 0 Å². The molecule has 0 saturated heterocycles. The Balaban J connectivity index is 2.48. The lowest BCUT2D eigenvalue weighted by Gasteiger charge is -2.09. The second kappa shape index (κ2) is 6.07. The van der Waals surface area contributed by atoms with Gasteiger partial charge in [0, 0.05) is 12.7 Å². The van der Waals surface area contributed by atoms with Crippen LogP contribution in [-0.4, -0.2) is 33.8 Å². The molecule has 1 unspecified atom stereocenters. The Labute approximate surface area is 94.1 Å². The third kappa shape index (κ3) is 3.86. The average molecular weight is 224 g/mol. The minimum atomic E-state index is -0.973. The minimum Gasteiger partial charge on any atom is -0.478 e. The van der Waals surface area contributed by atoms with Crippen molar-refractivity contribution in [3.8, 4) is 0 Å². The average Bonchev–Trinajstić information content (AvgIpc) is 2.29. The molecule has 1 heterocycles. The van der Waals surface area contributed by atoms with Crippen LogP contribution in [0.4, 0.5) is 5.82 Å². The molecule has 0 aliphatic heterocycles. The highest BCUT2D eigenvalue weighted by Crippen LogP contribution is 2.07. The number of rotatable bonds is 6. The summed E-state index contributed by atoms with van der Waals surface area (Å²) in [7, 11) is 0. The van der Waals surface area contributed by atoms with Crippen molar-refractivity contribution in [1.82, 2.24) is 4.98 Å². The summed E-state index contributed by atoms with van der Waals surface area (Å²) in [6.07, 6.45) is 2.46. The van der Waals surface area contributed by atoms with Crippen molar-refractivity contribution in [3.63, 3.8) is 0 Å². The molecule has 0 fully saturated rings. The molecule has 0 radical (unpaired) electrons. The first-order valence-corrected chi connectivity index (χ1v) is 5.24. The molecule has 0 aromatic carbocycles. The second-order valence-electron chi connectivity index (χ2n) is 3.51. The fourth-order valence-corrected chi connectivity index (χ4v) is 1.23. The van der Waals surface area contributed by atoms with Gasteiger partial charge in [-0.05, 0) is 25.0 Å². The van der Waals surface area contributed by atoms with Gasteiger partial charge in [-0.1, -0.05) is 6.92 Å². The summed E-state index contributed by atoms with van der Waals surface area (Å²) >= 11 is 0. The molecule has 1 rings (SSSR count). The third-order valence-electron chi connectivity index (χ3n) is 2.26. The van der Waals surface area contributed by atoms with Crippen LogP contribution in [0.1, 0.15) is 30.1 Å². The highest BCUT2D eigenvalue weighted by Gasteiger charge is 2.04. The topological polar surface area (TPSA) is 82.5 Å². The lowest BCUT2D eigenvalue weighted by atomic mass is 10.2. The van der Waals surface area contributed by atoms with Gasteiger partial charge in [0.15, 0.2) is 0 Å². The second-order valence-corrected chi connectivity index (χ2v) is 3.51. The van der Waals surface area contributed by atoms with Gasteiger partial charge in [0.25, 0.3) is 0 Å². The van der Waals surface area contributed by atoms with Gasteiger partial charge >= 0.3 is 5.97 Å². The summed E-state index contributed by atoms with van der Waals surface area (Å²) in [4.78, 5) is 14.7. The van der Waals surface area contributed by atoms with E-state index in [1.807, 2.05) is 6.92 Å². The fraction of sp³-hybridized carbons (Fsp3) is 0.455. The lowest BCUT2D eigenvalue weighted by molar-refractivity contribution is 0.0696. The number of nitrogens with zero attached hydrogens (tertiary/aromatic N) is 1. The van der Waals surface area contributed by atoms with Crippen LogP contribution in [0.5, 0.6) is 0 Å². The van der Waals surface area contributed by atoms with E-state index < -0.39 is 5.97 Å². The number of aromatic carboxylic acids is 1. The maximum absolute atomic E-state index is 10.7. The predicted octanol–water partition coefficient (Wildman–Crippen LogP) is 1.35. The van der Waals surface area contributed by atoms with Gasteiger partial charge in [0.2, 0.25) is 0 Å². The van der Waals surface area contributed by atoms with Crippen LogP contribution in [0.15, 0.2) is 18.3 Å². The number of carboxylic acid groups (broad SMARTS) is 1. The zero-order valence-corrected chi connectivity index (χ0v) is 9.18. The monoisotopic (exact) mass is 224 g/mol. The van der Waals surface area contributed by atoms with Crippen LogP contribution >= 0.6 is 0 Å². The van der Waals surface area contributed by atoms with Gasteiger partial charge in [0.1, 0.15) is 5.82 Å². The van der Waals surface area contributed by atoms with Crippen LogP contribution in [-0.2, 0) is 0 Å². The highest BCUT2D eigenvalue weighted by molar-refractivity contribution is 5.88. The van der Waals surface area contributed by atoms with E-state index in [0.717, 1.165) is 0 Å². The van der Waals surface area contributed by atoms with E-state index in [2.05, 4.69) is 10.3 Å². The third-order valence-corrected chi connectivity index (χ3v) is 2.26. The number of hydrogen-bond donors (Lipinski definition) is 3. The molecule has 0 saturated carbocycles. The summed E-state index contributed by atoms with van der Waals surface area (Å²) < 4.78 is 0. The van der Waals surface area contributed by atoms with Crippen LogP contribution in [0.3, 0.4) is 0 Å². The molecule has 1 aromatic heterocycles. The van der Waals surface area contributed by atoms with Crippen LogP contribution < -0.4 is 5.32 Å². The standard InChI is InChI=1S/C11H16N2O3/c1-2-9(14)4-6-13-10-7-8(11(15)16)3-5-12-10/h3,5,7,9,14H,2,4,6H2,1H3,(H,12,13)(H,15,16). The molecule has 0 aliphatic rings. The summed E-state index contributed by atoms with van der Waals surface area (Å²) in [5, 5.41) is 21.1. The van der Waals surface area contributed by atoms with Crippen molar-refractivity contribution in [2.45, 2.75) is 25.9 Å². The lowest BCUT2D eigenvalue weighted by Crippen LogP contribution is -2.13. The van der Waals surface area contributed by atoms with E-state index in [-0.39, 0.29) is 11.7 Å². The smallest absolute Gasteiger partial charge is 0.335 e. The first kappa shape index (κ1) is 12.4. The van der Waals surface area contributed by atoms with Gasteiger partial charge in [0.05, 0.1) is 11.7 Å². The Kier molecular flexibility index (Phi) is 4.72. The number of nitrogens with one attached hydrogen (secondary N) is 1. The number of aliphatic hydroxyl groups is 1. The number of carboxylic acids is 1. The molecule has 1 atom stereocenters. The molecular formula is C11H16N2O3. The van der Waals surface area contributed by atoms with Gasteiger partial charge in [-0.2, -0.15) is 0 Å². The van der Waals surface area contributed by atoms with E-state index >= 15 is 0 Å². The maximum atomic E-state index is 10.7. The molecule has 3 N–H and O–H groups in total. The van der Waals surface area contributed by atoms with Crippen molar-refractivity contribution in [3.05, 3.63) is 23.9 Å². The number of pyridine rings is 1. The number of hydrogen-bond acceptors (Lipinski definition) is 4. The van der Waals surface area contributed by atoms with E-state index in [1.165, 1.54) is 18.3 Å². The number of carbonyl (C=O) groups is 1. The van der Waals surface area contributed by atoms with Gasteiger partial charge in [-0.3, -0.25) is 0 Å². The molecule has 0 aliphatic carbocycles. The molecule has 0 spiro atoms. The van der Waals surface area contributed by atoms with Crippen LogP contribution in [0.2, 0.25) is 0 Å². The highest BCUT2D eigenvalue weighted by atomic mass is 16.4. The summed E-state index contributed by atoms with van der Waals surface area (Å²) in [5.41, 5.74) is 0.202. The molecule has 5 nitrogen and oxygen atoms in total. The normalized spacial score (nSPS) is 12.1. The van der Waals surface area contributed by atoms with E-state index in [4.69, 9.17) is 5.11 Å². The zero-order valence-electron chi connectivity index (χ0n) is 9.18. The van der Waals surface area contributed by atoms with Crippen molar-refractivity contribution >= 4 is 11.8 Å². The van der Waals surface area contributed by atoms with Crippen molar-refractivity contribution in [1.29, 1.82) is 0 Å². The van der Waals surface area contributed by atoms with Gasteiger partial charge in [-0.25, -0.2) is 9.78 Å². The molecule has 0 bridgehead atoms. The Hall–Kier alpha value is -1.62. The summed E-state index contributed by atoms with van der Waals surface area (Å²) in [5.74, 6) is -0.456. The number of anilines is 1. The predicted molar refractivity (Wildman–Crippen MR) is 60.6 cm³/mol.